The van der Waals surface area contributed by atoms with Crippen molar-refractivity contribution >= 4 is 0 Å². The average Bonchev–Trinajstić information content (AvgIpc) is 3.51. The van der Waals surface area contributed by atoms with Crippen molar-refractivity contribution in [2.24, 2.45) is 5.41 Å². The number of halogens is 4. The lowest BCUT2D eigenvalue weighted by molar-refractivity contribution is 0.0223. The molecule has 39 heavy (non-hydrogen) atoms. The quantitative estimate of drug-likeness (QED) is 0.297. The summed E-state index contributed by atoms with van der Waals surface area (Å²) in [5.74, 6) is -3.91. The first-order valence-corrected chi connectivity index (χ1v) is 12.7. The van der Waals surface area contributed by atoms with E-state index < -0.39 is 29.5 Å². The second-order valence-corrected chi connectivity index (χ2v) is 11.0. The molecule has 202 valence electrons. The number of benzene rings is 1. The Labute approximate surface area is 222 Å². The molecule has 2 atom stereocenters. The summed E-state index contributed by atoms with van der Waals surface area (Å²) < 4.78 is 60.8. The monoisotopic (exact) mass is 538 g/mol. The van der Waals surface area contributed by atoms with Gasteiger partial charge in [0.2, 0.25) is 5.89 Å². The van der Waals surface area contributed by atoms with E-state index in [1.807, 2.05) is 0 Å². The molecule has 2 bridgehead atoms. The Balaban J connectivity index is 1.36. The van der Waals surface area contributed by atoms with E-state index in [0.717, 1.165) is 31.0 Å². The summed E-state index contributed by atoms with van der Waals surface area (Å²) in [7, 11) is 0. The van der Waals surface area contributed by atoms with Crippen LogP contribution < -0.4 is 5.32 Å². The lowest BCUT2D eigenvalue weighted by Gasteiger charge is -2.37. The minimum Gasteiger partial charge on any atom is -0.443 e. The number of oxazole rings is 1. The lowest BCUT2D eigenvalue weighted by atomic mass is 9.66. The maximum absolute atomic E-state index is 14.5. The number of aromatic nitrogens is 5. The summed E-state index contributed by atoms with van der Waals surface area (Å²) in [6, 6.07) is 5.48. The highest BCUT2D eigenvalue weighted by Gasteiger charge is 2.65. The van der Waals surface area contributed by atoms with Gasteiger partial charge in [0.05, 0.1) is 46.5 Å². The van der Waals surface area contributed by atoms with Gasteiger partial charge in [-0.3, -0.25) is 4.98 Å². The van der Waals surface area contributed by atoms with Gasteiger partial charge in [0.15, 0.2) is 0 Å². The van der Waals surface area contributed by atoms with Gasteiger partial charge in [-0.05, 0) is 47.9 Å². The molecule has 3 heterocycles. The molecule has 0 unspecified atom stereocenters. The van der Waals surface area contributed by atoms with E-state index in [1.54, 1.807) is 12.3 Å². The minimum absolute atomic E-state index is 0.0816. The topological polar surface area (TPSA) is 89.6 Å². The van der Waals surface area contributed by atoms with Crippen LogP contribution in [-0.2, 0) is 12.0 Å². The number of rotatable bonds is 7. The van der Waals surface area contributed by atoms with Crippen LogP contribution in [-0.4, -0.2) is 37.6 Å². The van der Waals surface area contributed by atoms with Crippen molar-refractivity contribution < 1.29 is 22.0 Å². The van der Waals surface area contributed by atoms with Gasteiger partial charge >= 0.3 is 0 Å². The molecule has 3 aromatic heterocycles. The van der Waals surface area contributed by atoms with Crippen LogP contribution in [0.4, 0.5) is 17.6 Å². The molecular formula is C28H26F4N6O. The van der Waals surface area contributed by atoms with Crippen molar-refractivity contribution in [3.05, 3.63) is 77.2 Å². The molecule has 0 spiro atoms. The van der Waals surface area contributed by atoms with E-state index in [-0.39, 0.29) is 35.0 Å². The Morgan fingerprint density at radius 2 is 1.85 bits per heavy atom. The fraction of sp³-hybridized carbons (Fsp3) is 0.393. The Kier molecular flexibility index (Phi) is 5.83. The van der Waals surface area contributed by atoms with Crippen molar-refractivity contribution in [1.82, 2.24) is 30.5 Å². The summed E-state index contributed by atoms with van der Waals surface area (Å²) in [5, 5.41) is 11.5. The first-order valence-electron chi connectivity index (χ1n) is 12.7. The van der Waals surface area contributed by atoms with Crippen LogP contribution in [0.25, 0.3) is 22.8 Å². The third kappa shape index (κ3) is 4.02. The Morgan fingerprint density at radius 1 is 1.08 bits per heavy atom. The molecule has 0 saturated heterocycles. The fourth-order valence-electron chi connectivity index (χ4n) is 6.35. The van der Waals surface area contributed by atoms with Gasteiger partial charge in [0.1, 0.15) is 23.6 Å². The number of hydrogen-bond acceptors (Lipinski definition) is 7. The molecule has 1 fully saturated rings. The first-order chi connectivity index (χ1) is 18.5. The molecule has 0 aliphatic heterocycles. The predicted octanol–water partition coefficient (Wildman–Crippen LogP) is 5.81. The average molecular weight is 539 g/mol. The van der Waals surface area contributed by atoms with Crippen LogP contribution in [0.1, 0.15) is 62.2 Å². The molecule has 1 aromatic carbocycles. The van der Waals surface area contributed by atoms with Crippen LogP contribution in [0, 0.1) is 17.0 Å². The largest absolute Gasteiger partial charge is 0.443 e. The fourth-order valence-corrected chi connectivity index (χ4v) is 6.35. The van der Waals surface area contributed by atoms with Gasteiger partial charge < -0.3 is 9.73 Å². The number of nitrogens with one attached hydrogen (secondary N) is 1. The molecule has 4 aromatic rings. The maximum Gasteiger partial charge on any atom is 0.257 e. The van der Waals surface area contributed by atoms with Crippen molar-refractivity contribution in [3.63, 3.8) is 0 Å². The van der Waals surface area contributed by atoms with Gasteiger partial charge in [-0.15, -0.1) is 5.10 Å². The summed E-state index contributed by atoms with van der Waals surface area (Å²) in [4.78, 5) is 13.7. The summed E-state index contributed by atoms with van der Waals surface area (Å²) in [5.41, 5.74) is 2.18. The van der Waals surface area contributed by atoms with Crippen LogP contribution in [0.3, 0.4) is 0 Å². The SMILES string of the molecule is CC(F)(F)CNCc1coc(-c2cncc([C@@]34CC[C@@H](c5cc(-c6c(F)cccc6F)nnc53)C4(C)C)n2)n1. The minimum atomic E-state index is -2.83. The van der Waals surface area contributed by atoms with Crippen molar-refractivity contribution in [2.75, 3.05) is 6.54 Å². The first kappa shape index (κ1) is 25.5. The van der Waals surface area contributed by atoms with E-state index in [4.69, 9.17) is 9.40 Å². The van der Waals surface area contributed by atoms with E-state index >= 15 is 0 Å². The van der Waals surface area contributed by atoms with E-state index in [9.17, 15) is 17.6 Å². The second-order valence-electron chi connectivity index (χ2n) is 11.0. The highest BCUT2D eigenvalue weighted by Crippen LogP contribution is 2.69. The molecule has 2 aliphatic rings. The highest BCUT2D eigenvalue weighted by molar-refractivity contribution is 5.64. The van der Waals surface area contributed by atoms with Gasteiger partial charge in [-0.25, -0.2) is 27.5 Å². The normalized spacial score (nSPS) is 21.4. The molecule has 11 heteroatoms. The summed E-state index contributed by atoms with van der Waals surface area (Å²) in [6.45, 7) is 4.76. The zero-order valence-electron chi connectivity index (χ0n) is 21.6. The molecule has 7 nitrogen and oxygen atoms in total. The number of alkyl halides is 2. The van der Waals surface area contributed by atoms with Crippen molar-refractivity contribution in [2.45, 2.75) is 57.4 Å². The number of nitrogens with zero attached hydrogens (tertiary/aromatic N) is 5. The lowest BCUT2D eigenvalue weighted by Crippen LogP contribution is -2.38. The van der Waals surface area contributed by atoms with Gasteiger partial charge in [0, 0.05) is 19.7 Å². The molecule has 1 N–H and O–H groups in total. The second kappa shape index (κ2) is 8.90. The van der Waals surface area contributed by atoms with Crippen LogP contribution in [0.15, 0.2) is 47.3 Å². The molecule has 1 saturated carbocycles. The van der Waals surface area contributed by atoms with Crippen LogP contribution in [0.2, 0.25) is 0 Å². The maximum atomic E-state index is 14.5. The van der Waals surface area contributed by atoms with Crippen molar-refractivity contribution in [1.29, 1.82) is 0 Å². The Bertz CT molecular complexity index is 1550. The smallest absolute Gasteiger partial charge is 0.257 e. The van der Waals surface area contributed by atoms with E-state index in [2.05, 4.69) is 39.3 Å². The van der Waals surface area contributed by atoms with Gasteiger partial charge in [0.25, 0.3) is 5.92 Å². The highest BCUT2D eigenvalue weighted by atomic mass is 19.3. The zero-order chi connectivity index (χ0) is 27.6. The Hall–Kier alpha value is -3.73. The molecule has 2 aliphatic carbocycles. The van der Waals surface area contributed by atoms with E-state index in [1.165, 1.54) is 30.7 Å². The van der Waals surface area contributed by atoms with Crippen molar-refractivity contribution in [3.8, 4) is 22.8 Å². The third-order valence-corrected chi connectivity index (χ3v) is 8.19. The molecule has 0 amide bonds. The summed E-state index contributed by atoms with van der Waals surface area (Å²) >= 11 is 0. The number of fused-ring (bicyclic) bond motifs is 5. The predicted molar refractivity (Wildman–Crippen MR) is 134 cm³/mol. The van der Waals surface area contributed by atoms with E-state index in [0.29, 0.717) is 17.1 Å². The third-order valence-electron chi connectivity index (χ3n) is 8.19. The molecule has 0 radical (unpaired) electrons. The Morgan fingerprint density at radius 3 is 2.59 bits per heavy atom. The molecule has 6 rings (SSSR count). The summed E-state index contributed by atoms with van der Waals surface area (Å²) in [6.07, 6.45) is 6.23. The van der Waals surface area contributed by atoms with Crippen LogP contribution >= 0.6 is 0 Å². The number of hydrogen-bond donors (Lipinski definition) is 1. The van der Waals surface area contributed by atoms with Gasteiger partial charge in [-0.1, -0.05) is 19.9 Å². The molecular weight excluding hydrogens is 512 g/mol. The standard InChI is InChI=1S/C28H26F4N6O/c1-26(2)17-7-8-28(26,24-16(17)9-20(37-38-24)23-18(29)5-4-6-19(23)30)22-12-33-11-21(36-22)25-35-15(13-39-25)10-34-14-27(3,31)32/h4-6,9,11-13,17,34H,7-8,10,14H2,1-3H3/t17-,28-/m0/s1. The van der Waals surface area contributed by atoms with Gasteiger partial charge in [-0.2, -0.15) is 5.10 Å². The zero-order valence-corrected chi connectivity index (χ0v) is 21.6. The van der Waals surface area contributed by atoms with Crippen LogP contribution in [0.5, 0.6) is 0 Å².